The fraction of sp³-hybridized carbons (Fsp3) is 0.533. The summed E-state index contributed by atoms with van der Waals surface area (Å²) < 4.78 is 5.46. The Morgan fingerprint density at radius 2 is 2.21 bits per heavy atom. The first-order valence-corrected chi connectivity index (χ1v) is 6.84. The molecule has 4 heteroatoms. The number of ether oxygens (including phenoxy) is 1. The van der Waals surface area contributed by atoms with Crippen LogP contribution in [0.2, 0.25) is 0 Å². The van der Waals surface area contributed by atoms with Crippen molar-refractivity contribution in [3.63, 3.8) is 0 Å². The maximum absolute atomic E-state index is 11.7. The highest BCUT2D eigenvalue weighted by atomic mass is 16.5. The third-order valence-corrected chi connectivity index (χ3v) is 2.88. The van der Waals surface area contributed by atoms with Crippen LogP contribution >= 0.6 is 0 Å². The molecule has 0 radical (unpaired) electrons. The molecule has 2 N–H and O–H groups in total. The van der Waals surface area contributed by atoms with E-state index in [0.717, 1.165) is 24.3 Å². The summed E-state index contributed by atoms with van der Waals surface area (Å²) in [6.45, 7) is 5.45. The lowest BCUT2D eigenvalue weighted by molar-refractivity contribution is -0.121. The molecule has 0 aromatic heterocycles. The normalized spacial score (nSPS) is 11.9. The van der Waals surface area contributed by atoms with Gasteiger partial charge in [0.2, 0.25) is 5.91 Å². The second-order valence-electron chi connectivity index (χ2n) is 4.50. The second kappa shape index (κ2) is 8.53. The molecule has 0 fully saturated rings. The summed E-state index contributed by atoms with van der Waals surface area (Å²) in [5, 5.41) is 6.04. The van der Waals surface area contributed by atoms with Gasteiger partial charge in [-0.1, -0.05) is 12.1 Å². The predicted octanol–water partition coefficient (Wildman–Crippen LogP) is 2.26. The Labute approximate surface area is 115 Å². The lowest BCUT2D eigenvalue weighted by Gasteiger charge is -2.15. The van der Waals surface area contributed by atoms with E-state index in [1.807, 2.05) is 45.2 Å². The molecule has 0 heterocycles. The molecular weight excluding hydrogens is 240 g/mol. The van der Waals surface area contributed by atoms with Crippen molar-refractivity contribution in [2.45, 2.75) is 32.7 Å². The van der Waals surface area contributed by atoms with Crippen molar-refractivity contribution in [2.75, 3.05) is 20.2 Å². The van der Waals surface area contributed by atoms with Crippen molar-refractivity contribution in [3.8, 4) is 5.75 Å². The van der Waals surface area contributed by atoms with Gasteiger partial charge in [0.05, 0.1) is 12.6 Å². The summed E-state index contributed by atoms with van der Waals surface area (Å²) in [6.07, 6.45) is 1.41. The number of nitrogens with one attached hydrogen (secondary N) is 2. The van der Waals surface area contributed by atoms with Gasteiger partial charge in [0, 0.05) is 6.42 Å². The van der Waals surface area contributed by atoms with Gasteiger partial charge in [-0.25, -0.2) is 0 Å². The number of hydrogen-bond acceptors (Lipinski definition) is 3. The minimum Gasteiger partial charge on any atom is -0.494 e. The van der Waals surface area contributed by atoms with Gasteiger partial charge in [0.25, 0.3) is 0 Å². The first-order valence-electron chi connectivity index (χ1n) is 6.84. The lowest BCUT2D eigenvalue weighted by Crippen LogP contribution is -2.27. The largest absolute Gasteiger partial charge is 0.494 e. The van der Waals surface area contributed by atoms with Gasteiger partial charge in [-0.05, 0) is 51.6 Å². The quantitative estimate of drug-likeness (QED) is 0.708. The molecule has 4 nitrogen and oxygen atoms in total. The molecule has 0 aliphatic rings. The van der Waals surface area contributed by atoms with Gasteiger partial charge in [0.15, 0.2) is 0 Å². The molecule has 19 heavy (non-hydrogen) atoms. The Morgan fingerprint density at radius 3 is 2.89 bits per heavy atom. The van der Waals surface area contributed by atoms with Crippen molar-refractivity contribution in [1.29, 1.82) is 0 Å². The first kappa shape index (κ1) is 15.5. The number of carbonyl (C=O) groups is 1. The van der Waals surface area contributed by atoms with Crippen molar-refractivity contribution in [1.82, 2.24) is 10.6 Å². The molecule has 0 aliphatic carbocycles. The molecule has 1 aromatic rings. The Bertz CT molecular complexity index is 393. The summed E-state index contributed by atoms with van der Waals surface area (Å²) >= 11 is 0. The van der Waals surface area contributed by atoms with E-state index in [2.05, 4.69) is 10.6 Å². The maximum Gasteiger partial charge on any atom is 0.220 e. The Balaban J connectivity index is 2.50. The van der Waals surface area contributed by atoms with Crippen LogP contribution < -0.4 is 15.4 Å². The van der Waals surface area contributed by atoms with Gasteiger partial charge in [-0.3, -0.25) is 4.79 Å². The molecule has 0 aliphatic heterocycles. The molecule has 1 rings (SSSR count). The Hall–Kier alpha value is -1.55. The van der Waals surface area contributed by atoms with Crippen molar-refractivity contribution >= 4 is 5.91 Å². The second-order valence-corrected chi connectivity index (χ2v) is 4.50. The average molecular weight is 264 g/mol. The van der Waals surface area contributed by atoms with Crippen LogP contribution in [0.25, 0.3) is 0 Å². The monoisotopic (exact) mass is 264 g/mol. The molecule has 0 bridgehead atoms. The highest BCUT2D eigenvalue weighted by Crippen LogP contribution is 2.19. The summed E-state index contributed by atoms with van der Waals surface area (Å²) in [5.74, 6) is 0.931. The topological polar surface area (TPSA) is 50.4 Å². The highest BCUT2D eigenvalue weighted by Gasteiger charge is 2.09. The molecule has 0 saturated heterocycles. The zero-order chi connectivity index (χ0) is 14.1. The summed E-state index contributed by atoms with van der Waals surface area (Å²) in [5.41, 5.74) is 1.06. The van der Waals surface area contributed by atoms with Crippen LogP contribution in [0, 0.1) is 0 Å². The minimum absolute atomic E-state index is 0.00231. The van der Waals surface area contributed by atoms with Crippen LogP contribution in [0.15, 0.2) is 24.3 Å². The van der Waals surface area contributed by atoms with E-state index in [4.69, 9.17) is 4.74 Å². The minimum atomic E-state index is 0.00231. The molecular formula is C15H24N2O2. The lowest BCUT2D eigenvalue weighted by atomic mass is 10.1. The summed E-state index contributed by atoms with van der Waals surface area (Å²) in [4.78, 5) is 11.7. The van der Waals surface area contributed by atoms with Gasteiger partial charge in [-0.2, -0.15) is 0 Å². The fourth-order valence-electron chi connectivity index (χ4n) is 1.86. The number of rotatable bonds is 8. The highest BCUT2D eigenvalue weighted by molar-refractivity contribution is 5.76. The molecule has 1 unspecified atom stereocenters. The van der Waals surface area contributed by atoms with Gasteiger partial charge in [0.1, 0.15) is 5.75 Å². The molecule has 1 aromatic carbocycles. The third-order valence-electron chi connectivity index (χ3n) is 2.88. The predicted molar refractivity (Wildman–Crippen MR) is 77.3 cm³/mol. The molecule has 106 valence electrons. The van der Waals surface area contributed by atoms with Crippen LogP contribution in [-0.4, -0.2) is 26.1 Å². The standard InChI is InChI=1S/C15H24N2O2/c1-4-19-14-8-5-7-13(11-14)12(2)17-15(18)9-6-10-16-3/h5,7-8,11-12,16H,4,6,9-10H2,1-3H3,(H,17,18). The third kappa shape index (κ3) is 5.75. The van der Waals surface area contributed by atoms with Crippen molar-refractivity contribution < 1.29 is 9.53 Å². The van der Waals surface area contributed by atoms with Crippen LogP contribution in [0.4, 0.5) is 0 Å². The van der Waals surface area contributed by atoms with E-state index in [0.29, 0.717) is 13.0 Å². The molecule has 1 atom stereocenters. The van der Waals surface area contributed by atoms with E-state index in [-0.39, 0.29) is 11.9 Å². The number of carbonyl (C=O) groups excluding carboxylic acids is 1. The average Bonchev–Trinajstić information content (AvgIpc) is 2.39. The van der Waals surface area contributed by atoms with E-state index >= 15 is 0 Å². The number of hydrogen-bond donors (Lipinski definition) is 2. The summed E-state index contributed by atoms with van der Waals surface area (Å²) in [7, 11) is 1.89. The zero-order valence-electron chi connectivity index (χ0n) is 12.0. The van der Waals surface area contributed by atoms with Gasteiger partial charge in [-0.15, -0.1) is 0 Å². The molecule has 1 amide bonds. The number of amides is 1. The zero-order valence-corrected chi connectivity index (χ0v) is 12.0. The SMILES string of the molecule is CCOc1cccc(C(C)NC(=O)CCCNC)c1. The summed E-state index contributed by atoms with van der Waals surface area (Å²) in [6, 6.07) is 7.85. The van der Waals surface area contributed by atoms with Crippen LogP contribution in [0.5, 0.6) is 5.75 Å². The Morgan fingerprint density at radius 1 is 1.42 bits per heavy atom. The smallest absolute Gasteiger partial charge is 0.220 e. The van der Waals surface area contributed by atoms with Gasteiger partial charge >= 0.3 is 0 Å². The maximum atomic E-state index is 11.7. The van der Waals surface area contributed by atoms with Crippen molar-refractivity contribution in [2.24, 2.45) is 0 Å². The fourth-order valence-corrected chi connectivity index (χ4v) is 1.86. The van der Waals surface area contributed by atoms with Crippen molar-refractivity contribution in [3.05, 3.63) is 29.8 Å². The van der Waals surface area contributed by atoms with Crippen LogP contribution in [0.3, 0.4) is 0 Å². The Kier molecular flexibility index (Phi) is 6.97. The molecule has 0 saturated carbocycles. The first-order chi connectivity index (χ1) is 9.17. The number of benzene rings is 1. The van der Waals surface area contributed by atoms with E-state index in [9.17, 15) is 4.79 Å². The molecule has 0 spiro atoms. The van der Waals surface area contributed by atoms with Crippen LogP contribution in [-0.2, 0) is 4.79 Å². The van der Waals surface area contributed by atoms with Gasteiger partial charge < -0.3 is 15.4 Å². The van der Waals surface area contributed by atoms with E-state index in [1.165, 1.54) is 0 Å². The van der Waals surface area contributed by atoms with E-state index < -0.39 is 0 Å². The van der Waals surface area contributed by atoms with Crippen LogP contribution in [0.1, 0.15) is 38.3 Å². The van der Waals surface area contributed by atoms with E-state index in [1.54, 1.807) is 0 Å².